The molecule has 2 N–H and O–H groups in total. The van der Waals surface area contributed by atoms with E-state index in [0.29, 0.717) is 32.0 Å². The summed E-state index contributed by atoms with van der Waals surface area (Å²) in [6, 6.07) is 22.9. The summed E-state index contributed by atoms with van der Waals surface area (Å²) in [6.45, 7) is 3.31. The molecule has 0 aromatic heterocycles. The van der Waals surface area contributed by atoms with Crippen LogP contribution in [0.4, 0.5) is 11.4 Å². The number of amides is 1. The second kappa shape index (κ2) is 10.8. The van der Waals surface area contributed by atoms with Crippen LogP contribution in [0.3, 0.4) is 0 Å². The lowest BCUT2D eigenvalue weighted by Gasteiger charge is -2.26. The van der Waals surface area contributed by atoms with Crippen LogP contribution in [0, 0.1) is 6.92 Å². The summed E-state index contributed by atoms with van der Waals surface area (Å²) in [4.78, 5) is 12.9. The maximum atomic E-state index is 13.0. The zero-order chi connectivity index (χ0) is 24.0. The Hall–Kier alpha value is -3.20. The minimum absolute atomic E-state index is 0.0612. The molecule has 0 aliphatic carbocycles. The van der Waals surface area contributed by atoms with Crippen molar-refractivity contribution in [1.29, 1.82) is 0 Å². The van der Waals surface area contributed by atoms with Crippen LogP contribution in [-0.2, 0) is 26.0 Å². The fourth-order valence-corrected chi connectivity index (χ4v) is 5.30. The molecule has 1 aliphatic heterocycles. The second-order valence-electron chi connectivity index (χ2n) is 8.21. The first-order chi connectivity index (χ1) is 16.4. The zero-order valence-corrected chi connectivity index (χ0v) is 20.0. The van der Waals surface area contributed by atoms with Gasteiger partial charge >= 0.3 is 0 Å². The van der Waals surface area contributed by atoms with Gasteiger partial charge < -0.3 is 15.4 Å². The highest BCUT2D eigenvalue weighted by molar-refractivity contribution is 7.89. The smallest absolute Gasteiger partial charge is 0.243 e. The van der Waals surface area contributed by atoms with E-state index in [9.17, 15) is 13.2 Å². The molecule has 3 aromatic rings. The predicted molar refractivity (Wildman–Crippen MR) is 134 cm³/mol. The van der Waals surface area contributed by atoms with E-state index < -0.39 is 10.0 Å². The molecule has 0 spiro atoms. The lowest BCUT2D eigenvalue weighted by molar-refractivity contribution is -0.114. The number of rotatable bonds is 8. The van der Waals surface area contributed by atoms with E-state index in [-0.39, 0.29) is 17.3 Å². The molecule has 1 aliphatic rings. The number of nitrogens with zero attached hydrogens (tertiary/aromatic N) is 1. The molecule has 0 unspecified atom stereocenters. The van der Waals surface area contributed by atoms with Crippen molar-refractivity contribution < 1.29 is 17.9 Å². The summed E-state index contributed by atoms with van der Waals surface area (Å²) in [5.74, 6) is -0.251. The number of aryl methyl sites for hydroxylation is 1. The largest absolute Gasteiger partial charge is 0.379 e. The van der Waals surface area contributed by atoms with Crippen molar-refractivity contribution in [3.05, 3.63) is 89.5 Å². The Kier molecular flexibility index (Phi) is 7.62. The first kappa shape index (κ1) is 23.9. The van der Waals surface area contributed by atoms with Crippen LogP contribution >= 0.6 is 0 Å². The minimum atomic E-state index is -3.64. The maximum absolute atomic E-state index is 13.0. The van der Waals surface area contributed by atoms with Gasteiger partial charge in [0.25, 0.3) is 0 Å². The van der Waals surface area contributed by atoms with Crippen LogP contribution in [0.2, 0.25) is 0 Å². The average molecular weight is 480 g/mol. The number of carbonyl (C=O) groups is 1. The number of para-hydroxylation sites is 1. The van der Waals surface area contributed by atoms with Gasteiger partial charge in [0.15, 0.2) is 0 Å². The molecule has 1 amide bonds. The van der Waals surface area contributed by atoms with Crippen LogP contribution in [0.1, 0.15) is 16.7 Å². The maximum Gasteiger partial charge on any atom is 0.243 e. The molecule has 0 radical (unpaired) electrons. The molecule has 3 aromatic carbocycles. The van der Waals surface area contributed by atoms with E-state index in [1.54, 1.807) is 12.1 Å². The molecule has 0 bridgehead atoms. The minimum Gasteiger partial charge on any atom is -0.379 e. The van der Waals surface area contributed by atoms with Gasteiger partial charge in [-0.25, -0.2) is 8.42 Å². The Balaban J connectivity index is 1.43. The van der Waals surface area contributed by atoms with E-state index in [2.05, 4.69) is 22.8 Å². The quantitative estimate of drug-likeness (QED) is 0.515. The summed E-state index contributed by atoms with van der Waals surface area (Å²) in [7, 11) is -3.64. The zero-order valence-electron chi connectivity index (χ0n) is 19.2. The Bertz CT molecular complexity index is 1240. The lowest BCUT2D eigenvalue weighted by Crippen LogP contribution is -2.40. The fraction of sp³-hybridized carbons (Fsp3) is 0.269. The van der Waals surface area contributed by atoms with Crippen molar-refractivity contribution in [3.8, 4) is 0 Å². The van der Waals surface area contributed by atoms with Crippen LogP contribution in [-0.4, -0.2) is 51.5 Å². The number of hydrogen-bond donors (Lipinski definition) is 2. The summed E-state index contributed by atoms with van der Waals surface area (Å²) >= 11 is 0. The van der Waals surface area contributed by atoms with Crippen LogP contribution in [0.15, 0.2) is 77.7 Å². The third-order valence-electron chi connectivity index (χ3n) is 5.79. The highest BCUT2D eigenvalue weighted by Crippen LogP contribution is 2.24. The number of nitrogens with one attached hydrogen (secondary N) is 2. The van der Waals surface area contributed by atoms with Gasteiger partial charge in [-0.1, -0.05) is 54.6 Å². The highest BCUT2D eigenvalue weighted by atomic mass is 32.2. The molecule has 8 heteroatoms. The predicted octanol–water partition coefficient (Wildman–Crippen LogP) is 3.66. The van der Waals surface area contributed by atoms with E-state index in [1.807, 2.05) is 49.4 Å². The van der Waals surface area contributed by atoms with E-state index >= 15 is 0 Å². The SMILES string of the molecule is Cc1ccc(S(=O)(=O)N2CCOCC2)cc1NC(=O)CNc1ccccc1Cc1ccccc1. The molecule has 178 valence electrons. The highest BCUT2D eigenvalue weighted by Gasteiger charge is 2.26. The third-order valence-corrected chi connectivity index (χ3v) is 7.68. The van der Waals surface area contributed by atoms with Crippen LogP contribution in [0.5, 0.6) is 0 Å². The number of ether oxygens (including phenoxy) is 1. The van der Waals surface area contributed by atoms with Gasteiger partial charge in [-0.2, -0.15) is 4.31 Å². The first-order valence-corrected chi connectivity index (χ1v) is 12.7. The number of carbonyl (C=O) groups excluding carboxylic acids is 1. The van der Waals surface area contributed by atoms with E-state index in [4.69, 9.17) is 4.74 Å². The fourth-order valence-electron chi connectivity index (χ4n) is 3.86. The van der Waals surface area contributed by atoms with Gasteiger partial charge in [0.05, 0.1) is 24.7 Å². The molecule has 34 heavy (non-hydrogen) atoms. The number of anilines is 2. The summed E-state index contributed by atoms with van der Waals surface area (Å²) in [6.07, 6.45) is 0.756. The van der Waals surface area contributed by atoms with Crippen molar-refractivity contribution in [3.63, 3.8) is 0 Å². The lowest BCUT2D eigenvalue weighted by atomic mass is 10.0. The Morgan fingerprint density at radius 3 is 2.41 bits per heavy atom. The monoisotopic (exact) mass is 479 g/mol. The molecule has 7 nitrogen and oxygen atoms in total. The standard InChI is InChI=1S/C26H29N3O4S/c1-20-11-12-23(34(31,32)29-13-15-33-16-14-29)18-25(20)28-26(30)19-27-24-10-6-5-9-22(24)17-21-7-3-2-4-8-21/h2-12,18,27H,13-17,19H2,1H3,(H,28,30). The molecule has 1 fully saturated rings. The molecule has 1 saturated heterocycles. The second-order valence-corrected chi connectivity index (χ2v) is 10.2. The average Bonchev–Trinajstić information content (AvgIpc) is 2.86. The summed E-state index contributed by atoms with van der Waals surface area (Å²) < 4.78 is 32.6. The molecule has 0 atom stereocenters. The molecule has 1 heterocycles. The number of morpholine rings is 1. The van der Waals surface area contributed by atoms with Crippen LogP contribution < -0.4 is 10.6 Å². The Morgan fingerprint density at radius 2 is 1.65 bits per heavy atom. The molecule has 0 saturated carbocycles. The number of hydrogen-bond acceptors (Lipinski definition) is 5. The Labute approximate surface area is 200 Å². The van der Waals surface area contributed by atoms with Crippen molar-refractivity contribution in [2.24, 2.45) is 0 Å². The van der Waals surface area contributed by atoms with Crippen molar-refractivity contribution >= 4 is 27.3 Å². The van der Waals surface area contributed by atoms with Gasteiger partial charge in [0.1, 0.15) is 0 Å². The van der Waals surface area contributed by atoms with Crippen molar-refractivity contribution in [2.45, 2.75) is 18.2 Å². The first-order valence-electron chi connectivity index (χ1n) is 11.3. The topological polar surface area (TPSA) is 87.7 Å². The Morgan fingerprint density at radius 1 is 0.941 bits per heavy atom. The molecular formula is C26H29N3O4S. The van der Waals surface area contributed by atoms with Gasteiger partial charge in [0.2, 0.25) is 15.9 Å². The van der Waals surface area contributed by atoms with E-state index in [0.717, 1.165) is 23.2 Å². The van der Waals surface area contributed by atoms with E-state index in [1.165, 1.54) is 15.9 Å². The number of sulfonamides is 1. The van der Waals surface area contributed by atoms with Gasteiger partial charge in [-0.05, 0) is 48.2 Å². The van der Waals surface area contributed by atoms with Gasteiger partial charge in [0, 0.05) is 24.5 Å². The summed E-state index contributed by atoms with van der Waals surface area (Å²) in [5, 5.41) is 6.07. The molecule has 4 rings (SSSR count). The van der Waals surface area contributed by atoms with Crippen LogP contribution in [0.25, 0.3) is 0 Å². The normalized spacial score (nSPS) is 14.5. The van der Waals surface area contributed by atoms with Gasteiger partial charge in [-0.3, -0.25) is 4.79 Å². The number of benzene rings is 3. The van der Waals surface area contributed by atoms with Crippen molar-refractivity contribution in [1.82, 2.24) is 4.31 Å². The third kappa shape index (κ3) is 5.83. The molecular weight excluding hydrogens is 450 g/mol. The summed E-state index contributed by atoms with van der Waals surface area (Å²) in [5.41, 5.74) is 4.45. The van der Waals surface area contributed by atoms with Gasteiger partial charge in [-0.15, -0.1) is 0 Å². The van der Waals surface area contributed by atoms with Crippen molar-refractivity contribution in [2.75, 3.05) is 43.5 Å².